The predicted molar refractivity (Wildman–Crippen MR) is 238 cm³/mol. The Bertz CT molecular complexity index is 858. The van der Waals surface area contributed by atoms with Gasteiger partial charge >= 0.3 is 5.97 Å². The van der Waals surface area contributed by atoms with Crippen LogP contribution in [-0.2, 0) is 23.7 Å². The van der Waals surface area contributed by atoms with Crippen molar-refractivity contribution in [1.29, 1.82) is 0 Å². The van der Waals surface area contributed by atoms with Gasteiger partial charge in [-0.3, -0.25) is 4.79 Å². The molecular formula is C49H96O9. The normalized spacial score (nSPS) is 20.1. The van der Waals surface area contributed by atoms with Crippen molar-refractivity contribution in [1.82, 2.24) is 0 Å². The molecule has 0 aromatic heterocycles. The summed E-state index contributed by atoms with van der Waals surface area (Å²) in [5.41, 5.74) is 0. The van der Waals surface area contributed by atoms with Crippen LogP contribution in [0, 0.1) is 0 Å². The molecule has 9 nitrogen and oxygen atoms in total. The van der Waals surface area contributed by atoms with Gasteiger partial charge in [0.05, 0.1) is 19.8 Å². The lowest BCUT2D eigenvalue weighted by atomic mass is 9.99. The molecule has 0 radical (unpaired) electrons. The van der Waals surface area contributed by atoms with Gasteiger partial charge in [0, 0.05) is 13.0 Å². The van der Waals surface area contributed by atoms with Crippen LogP contribution in [0.5, 0.6) is 0 Å². The Morgan fingerprint density at radius 3 is 1.22 bits per heavy atom. The van der Waals surface area contributed by atoms with Crippen molar-refractivity contribution in [3.05, 3.63) is 0 Å². The molecule has 0 aromatic rings. The lowest BCUT2D eigenvalue weighted by Gasteiger charge is -2.39. The first-order chi connectivity index (χ1) is 28.4. The number of unbranched alkanes of at least 4 members (excludes halogenated alkanes) is 33. The van der Waals surface area contributed by atoms with E-state index in [1.54, 1.807) is 0 Å². The van der Waals surface area contributed by atoms with Crippen LogP contribution in [0.4, 0.5) is 0 Å². The number of hydrogen-bond acceptors (Lipinski definition) is 9. The van der Waals surface area contributed by atoms with Crippen LogP contribution >= 0.6 is 0 Å². The van der Waals surface area contributed by atoms with Crippen molar-refractivity contribution < 1.29 is 44.2 Å². The molecule has 1 aliphatic rings. The molecule has 1 saturated heterocycles. The van der Waals surface area contributed by atoms with Gasteiger partial charge in [-0.25, -0.2) is 0 Å². The van der Waals surface area contributed by atoms with Crippen LogP contribution < -0.4 is 0 Å². The Hall–Kier alpha value is -0.810. The van der Waals surface area contributed by atoms with Gasteiger partial charge in [0.1, 0.15) is 30.5 Å². The summed E-state index contributed by atoms with van der Waals surface area (Å²) < 4.78 is 22.9. The third-order valence-electron chi connectivity index (χ3n) is 12.0. The monoisotopic (exact) mass is 829 g/mol. The van der Waals surface area contributed by atoms with Crippen molar-refractivity contribution >= 4 is 5.97 Å². The predicted octanol–water partition coefficient (Wildman–Crippen LogP) is 11.8. The SMILES string of the molecule is CCCCCCCCCCCCCCCCCCCCCCCC(=O)OC(COCCCCCCCCCCCCCCCC)COC1OC(CO)C(O)C(O)C1O. The zero-order valence-electron chi connectivity index (χ0n) is 38.1. The third-order valence-corrected chi connectivity index (χ3v) is 12.0. The van der Waals surface area contributed by atoms with Crippen LogP contribution in [0.15, 0.2) is 0 Å². The minimum Gasteiger partial charge on any atom is -0.457 e. The van der Waals surface area contributed by atoms with Crippen molar-refractivity contribution in [2.24, 2.45) is 0 Å². The van der Waals surface area contributed by atoms with Gasteiger partial charge < -0.3 is 39.4 Å². The Kier molecular flexibility index (Phi) is 39.5. The van der Waals surface area contributed by atoms with E-state index in [4.69, 9.17) is 18.9 Å². The van der Waals surface area contributed by atoms with Crippen LogP contribution in [0.3, 0.4) is 0 Å². The smallest absolute Gasteiger partial charge is 0.306 e. The lowest BCUT2D eigenvalue weighted by molar-refractivity contribution is -0.305. The number of aliphatic hydroxyl groups is 4. The van der Waals surface area contributed by atoms with Crippen molar-refractivity contribution in [2.75, 3.05) is 26.4 Å². The topological polar surface area (TPSA) is 135 Å². The molecule has 1 aliphatic heterocycles. The molecule has 6 atom stereocenters. The second kappa shape index (κ2) is 41.5. The third kappa shape index (κ3) is 32.0. The second-order valence-corrected chi connectivity index (χ2v) is 17.6. The Labute approximate surface area is 357 Å². The lowest BCUT2D eigenvalue weighted by Crippen LogP contribution is -2.59. The molecule has 1 fully saturated rings. The number of carbonyl (C=O) groups excluding carboxylic acids is 1. The fourth-order valence-electron chi connectivity index (χ4n) is 8.08. The van der Waals surface area contributed by atoms with E-state index in [0.717, 1.165) is 32.1 Å². The first-order valence-electron chi connectivity index (χ1n) is 25.1. The maximum absolute atomic E-state index is 12.8. The molecule has 9 heteroatoms. The van der Waals surface area contributed by atoms with Gasteiger partial charge in [-0.2, -0.15) is 0 Å². The molecule has 6 unspecified atom stereocenters. The zero-order valence-corrected chi connectivity index (χ0v) is 38.1. The second-order valence-electron chi connectivity index (χ2n) is 17.6. The molecule has 1 rings (SSSR count). The van der Waals surface area contributed by atoms with Crippen molar-refractivity contribution in [3.8, 4) is 0 Å². The van der Waals surface area contributed by atoms with Gasteiger partial charge in [0.2, 0.25) is 0 Å². The average Bonchev–Trinajstić information content (AvgIpc) is 3.22. The van der Waals surface area contributed by atoms with Crippen molar-refractivity contribution in [2.45, 2.75) is 282 Å². The van der Waals surface area contributed by atoms with Crippen LogP contribution in [0.25, 0.3) is 0 Å². The summed E-state index contributed by atoms with van der Waals surface area (Å²) in [7, 11) is 0. The quantitative estimate of drug-likeness (QED) is 0.0350. The highest BCUT2D eigenvalue weighted by atomic mass is 16.7. The van der Waals surface area contributed by atoms with Gasteiger partial charge in [-0.05, 0) is 12.8 Å². The van der Waals surface area contributed by atoms with Crippen molar-refractivity contribution in [3.63, 3.8) is 0 Å². The molecule has 0 bridgehead atoms. The summed E-state index contributed by atoms with van der Waals surface area (Å²) in [5, 5.41) is 40.2. The average molecular weight is 829 g/mol. The zero-order chi connectivity index (χ0) is 42.2. The molecule has 0 saturated carbocycles. The number of carbonyl (C=O) groups is 1. The van der Waals surface area contributed by atoms with E-state index < -0.39 is 43.4 Å². The molecule has 1 heterocycles. The highest BCUT2D eigenvalue weighted by molar-refractivity contribution is 5.69. The number of esters is 1. The first-order valence-corrected chi connectivity index (χ1v) is 25.1. The van der Waals surface area contributed by atoms with E-state index in [9.17, 15) is 25.2 Å². The highest BCUT2D eigenvalue weighted by Gasteiger charge is 2.44. The summed E-state index contributed by atoms with van der Waals surface area (Å²) in [6, 6.07) is 0. The Balaban J connectivity index is 2.18. The maximum atomic E-state index is 12.8. The Morgan fingerprint density at radius 1 is 0.483 bits per heavy atom. The molecule has 58 heavy (non-hydrogen) atoms. The number of aliphatic hydroxyl groups excluding tert-OH is 4. The number of hydrogen-bond donors (Lipinski definition) is 4. The molecule has 4 N–H and O–H groups in total. The molecule has 0 amide bonds. The van der Waals surface area contributed by atoms with E-state index in [0.29, 0.717) is 13.0 Å². The fraction of sp³-hybridized carbons (Fsp3) is 0.980. The number of ether oxygens (including phenoxy) is 4. The summed E-state index contributed by atoms with van der Waals surface area (Å²) in [6.45, 7) is 4.62. The molecule has 346 valence electrons. The van der Waals surface area contributed by atoms with Crippen LogP contribution in [0.1, 0.15) is 245 Å². The van der Waals surface area contributed by atoms with E-state index in [2.05, 4.69) is 13.8 Å². The van der Waals surface area contributed by atoms with Crippen LogP contribution in [0.2, 0.25) is 0 Å². The standard InChI is InChI=1S/C49H96O9/c1-3-5-7-9-11-13-15-17-19-20-21-22-23-24-25-26-28-30-32-34-36-38-45(51)57-43(42-56-49-48(54)47(53)46(52)44(40-50)58-49)41-55-39-37-35-33-31-29-27-18-16-14-12-10-8-6-4-2/h43-44,46-50,52-54H,3-42H2,1-2H3. The van der Waals surface area contributed by atoms with E-state index in [1.807, 2.05) is 0 Å². The summed E-state index contributed by atoms with van der Waals surface area (Å²) in [4.78, 5) is 12.8. The van der Waals surface area contributed by atoms with Crippen LogP contribution in [-0.4, -0.2) is 89.6 Å². The minimum absolute atomic E-state index is 0.105. The fourth-order valence-corrected chi connectivity index (χ4v) is 8.08. The van der Waals surface area contributed by atoms with Gasteiger partial charge in [-0.1, -0.05) is 226 Å². The van der Waals surface area contributed by atoms with E-state index in [-0.39, 0.29) is 19.2 Å². The van der Waals surface area contributed by atoms with Gasteiger partial charge in [-0.15, -0.1) is 0 Å². The summed E-state index contributed by atoms with van der Waals surface area (Å²) >= 11 is 0. The molecule has 0 spiro atoms. The number of rotatable bonds is 44. The Morgan fingerprint density at radius 2 is 0.845 bits per heavy atom. The van der Waals surface area contributed by atoms with E-state index in [1.165, 1.54) is 193 Å². The maximum Gasteiger partial charge on any atom is 0.306 e. The minimum atomic E-state index is -1.53. The first kappa shape index (κ1) is 55.2. The molecule has 0 aliphatic carbocycles. The summed E-state index contributed by atoms with van der Waals surface area (Å²) in [5.74, 6) is -0.305. The highest BCUT2D eigenvalue weighted by Crippen LogP contribution is 2.23. The van der Waals surface area contributed by atoms with Gasteiger partial charge in [0.15, 0.2) is 6.29 Å². The largest absolute Gasteiger partial charge is 0.457 e. The van der Waals surface area contributed by atoms with Gasteiger partial charge in [0.25, 0.3) is 0 Å². The van der Waals surface area contributed by atoms with E-state index >= 15 is 0 Å². The summed E-state index contributed by atoms with van der Waals surface area (Å²) in [6.07, 6.45) is 38.5. The molecule has 0 aromatic carbocycles. The molecular weight excluding hydrogens is 733 g/mol.